The fourth-order valence-corrected chi connectivity index (χ4v) is 1.44. The lowest BCUT2D eigenvalue weighted by atomic mass is 10.1. The summed E-state index contributed by atoms with van der Waals surface area (Å²) in [5.41, 5.74) is 0.968. The minimum Gasteiger partial charge on any atom is -0.480 e. The van der Waals surface area contributed by atoms with Crippen LogP contribution in [0.2, 0.25) is 0 Å². The van der Waals surface area contributed by atoms with E-state index in [-0.39, 0.29) is 5.69 Å². The number of aliphatic carboxylic acids is 1. The number of carboxylic acids is 1. The Morgan fingerprint density at radius 1 is 1.59 bits per heavy atom. The Balaban J connectivity index is 2.96. The minimum absolute atomic E-state index is 0.0183. The second kappa shape index (κ2) is 5.29. The van der Waals surface area contributed by atoms with Crippen molar-refractivity contribution in [1.29, 1.82) is 0 Å². The van der Waals surface area contributed by atoms with Crippen LogP contribution in [0.3, 0.4) is 0 Å². The molecule has 1 aromatic carbocycles. The predicted molar refractivity (Wildman–Crippen MR) is 63.2 cm³/mol. The summed E-state index contributed by atoms with van der Waals surface area (Å²) in [4.78, 5) is 21.1. The number of carboxylic acid groups (broad SMARTS) is 1. The number of nitro groups is 1. The first-order valence-electron chi connectivity index (χ1n) is 5.20. The summed E-state index contributed by atoms with van der Waals surface area (Å²) >= 11 is 0. The van der Waals surface area contributed by atoms with Gasteiger partial charge in [0.15, 0.2) is 0 Å². The maximum Gasteiger partial charge on any atom is 0.326 e. The zero-order valence-corrected chi connectivity index (χ0v) is 9.64. The van der Waals surface area contributed by atoms with E-state index in [1.807, 2.05) is 0 Å². The van der Waals surface area contributed by atoms with Crippen LogP contribution >= 0.6 is 0 Å². The SMILES string of the molecule is CCC(Nc1ccc(C)c([N+](=O)[O-])c1)C(=O)O. The summed E-state index contributed by atoms with van der Waals surface area (Å²) in [7, 11) is 0. The largest absolute Gasteiger partial charge is 0.480 e. The molecule has 0 saturated carbocycles. The van der Waals surface area contributed by atoms with Crippen LogP contribution in [-0.2, 0) is 4.79 Å². The zero-order chi connectivity index (χ0) is 13.0. The van der Waals surface area contributed by atoms with E-state index in [4.69, 9.17) is 5.11 Å². The molecule has 0 heterocycles. The van der Waals surface area contributed by atoms with E-state index in [0.29, 0.717) is 17.7 Å². The minimum atomic E-state index is -0.976. The van der Waals surface area contributed by atoms with Crippen molar-refractivity contribution in [2.45, 2.75) is 26.3 Å². The summed E-state index contributed by atoms with van der Waals surface area (Å²) in [6.07, 6.45) is 0.400. The third-order valence-corrected chi connectivity index (χ3v) is 2.45. The van der Waals surface area contributed by atoms with Gasteiger partial charge in [-0.15, -0.1) is 0 Å². The topological polar surface area (TPSA) is 92.5 Å². The second-order valence-corrected chi connectivity index (χ2v) is 3.70. The Bertz CT molecular complexity index is 445. The smallest absolute Gasteiger partial charge is 0.326 e. The molecule has 0 spiro atoms. The molecule has 0 aliphatic rings. The molecule has 1 rings (SSSR count). The number of hydrogen-bond donors (Lipinski definition) is 2. The van der Waals surface area contributed by atoms with Gasteiger partial charge < -0.3 is 10.4 Å². The van der Waals surface area contributed by atoms with Crippen molar-refractivity contribution in [2.75, 3.05) is 5.32 Å². The maximum absolute atomic E-state index is 10.8. The van der Waals surface area contributed by atoms with Gasteiger partial charge in [-0.05, 0) is 19.4 Å². The molecule has 92 valence electrons. The highest BCUT2D eigenvalue weighted by Crippen LogP contribution is 2.23. The van der Waals surface area contributed by atoms with Gasteiger partial charge in [0.25, 0.3) is 5.69 Å². The fraction of sp³-hybridized carbons (Fsp3) is 0.364. The lowest BCUT2D eigenvalue weighted by molar-refractivity contribution is -0.385. The first-order chi connectivity index (χ1) is 7.95. The van der Waals surface area contributed by atoms with Crippen LogP contribution < -0.4 is 5.32 Å². The summed E-state index contributed by atoms with van der Waals surface area (Å²) in [6, 6.07) is 3.83. The molecule has 0 fully saturated rings. The number of aryl methyl sites for hydroxylation is 1. The lowest BCUT2D eigenvalue weighted by Crippen LogP contribution is -2.28. The molecule has 6 nitrogen and oxygen atoms in total. The molecule has 1 aromatic rings. The Hall–Kier alpha value is -2.11. The maximum atomic E-state index is 10.8. The first-order valence-corrected chi connectivity index (χ1v) is 5.20. The second-order valence-electron chi connectivity index (χ2n) is 3.70. The molecular formula is C11H14N2O4. The van der Waals surface area contributed by atoms with E-state index in [0.717, 1.165) is 0 Å². The molecule has 0 aliphatic heterocycles. The third kappa shape index (κ3) is 3.17. The molecular weight excluding hydrogens is 224 g/mol. The fourth-order valence-electron chi connectivity index (χ4n) is 1.44. The molecule has 0 bridgehead atoms. The average Bonchev–Trinajstić information content (AvgIpc) is 2.27. The molecule has 17 heavy (non-hydrogen) atoms. The van der Waals surface area contributed by atoms with Crippen LogP contribution in [-0.4, -0.2) is 22.0 Å². The summed E-state index contributed by atoms with van der Waals surface area (Å²) in [5, 5.41) is 22.3. The quantitative estimate of drug-likeness (QED) is 0.605. The van der Waals surface area contributed by atoms with E-state index in [2.05, 4.69) is 5.32 Å². The van der Waals surface area contributed by atoms with Crippen molar-refractivity contribution in [3.63, 3.8) is 0 Å². The Morgan fingerprint density at radius 2 is 2.24 bits per heavy atom. The van der Waals surface area contributed by atoms with E-state index in [9.17, 15) is 14.9 Å². The van der Waals surface area contributed by atoms with Crippen LogP contribution in [0.15, 0.2) is 18.2 Å². The number of nitro benzene ring substituents is 1. The Labute approximate surface area is 98.4 Å². The third-order valence-electron chi connectivity index (χ3n) is 2.45. The molecule has 0 saturated heterocycles. The van der Waals surface area contributed by atoms with E-state index >= 15 is 0 Å². The highest BCUT2D eigenvalue weighted by molar-refractivity contribution is 5.77. The number of benzene rings is 1. The van der Waals surface area contributed by atoms with Crippen LogP contribution in [0.1, 0.15) is 18.9 Å². The summed E-state index contributed by atoms with van der Waals surface area (Å²) in [6.45, 7) is 3.37. The standard InChI is InChI=1S/C11H14N2O4/c1-3-9(11(14)15)12-8-5-4-7(2)10(6-8)13(16)17/h4-6,9,12H,3H2,1-2H3,(H,14,15). The van der Waals surface area contributed by atoms with Crippen molar-refractivity contribution < 1.29 is 14.8 Å². The number of carbonyl (C=O) groups is 1. The van der Waals surface area contributed by atoms with Gasteiger partial charge >= 0.3 is 5.97 Å². The number of anilines is 1. The summed E-state index contributed by atoms with van der Waals surface area (Å²) in [5.74, 6) is -0.976. The Morgan fingerprint density at radius 3 is 2.71 bits per heavy atom. The van der Waals surface area contributed by atoms with Crippen molar-refractivity contribution in [3.8, 4) is 0 Å². The molecule has 0 aromatic heterocycles. The van der Waals surface area contributed by atoms with Gasteiger partial charge in [-0.1, -0.05) is 13.0 Å². The predicted octanol–water partition coefficient (Wildman–Crippen LogP) is 2.18. The van der Waals surface area contributed by atoms with E-state index < -0.39 is 16.9 Å². The highest BCUT2D eigenvalue weighted by Gasteiger charge is 2.16. The normalized spacial score (nSPS) is 11.9. The van der Waals surface area contributed by atoms with E-state index in [1.165, 1.54) is 6.07 Å². The highest BCUT2D eigenvalue weighted by atomic mass is 16.6. The molecule has 6 heteroatoms. The molecule has 1 atom stereocenters. The van der Waals surface area contributed by atoms with Gasteiger partial charge in [0, 0.05) is 17.3 Å². The van der Waals surface area contributed by atoms with Crippen LogP contribution in [0.25, 0.3) is 0 Å². The number of hydrogen-bond acceptors (Lipinski definition) is 4. The average molecular weight is 238 g/mol. The molecule has 0 amide bonds. The van der Waals surface area contributed by atoms with Crippen LogP contribution in [0, 0.1) is 17.0 Å². The first kappa shape index (κ1) is 13.0. The van der Waals surface area contributed by atoms with Crippen molar-refractivity contribution in [3.05, 3.63) is 33.9 Å². The van der Waals surface area contributed by atoms with E-state index in [1.54, 1.807) is 26.0 Å². The summed E-state index contributed by atoms with van der Waals surface area (Å²) < 4.78 is 0. The van der Waals surface area contributed by atoms with Crippen LogP contribution in [0.5, 0.6) is 0 Å². The Kier molecular flexibility index (Phi) is 4.03. The van der Waals surface area contributed by atoms with Gasteiger partial charge in [0.05, 0.1) is 4.92 Å². The molecule has 2 N–H and O–H groups in total. The van der Waals surface area contributed by atoms with Gasteiger partial charge in [0.1, 0.15) is 6.04 Å². The van der Waals surface area contributed by atoms with Gasteiger partial charge in [0.2, 0.25) is 0 Å². The molecule has 0 aliphatic carbocycles. The van der Waals surface area contributed by atoms with Gasteiger partial charge in [-0.25, -0.2) is 4.79 Å². The number of rotatable bonds is 5. The van der Waals surface area contributed by atoms with Crippen molar-refractivity contribution in [2.24, 2.45) is 0 Å². The van der Waals surface area contributed by atoms with Gasteiger partial charge in [-0.2, -0.15) is 0 Å². The molecule has 1 unspecified atom stereocenters. The number of nitrogens with one attached hydrogen (secondary N) is 1. The lowest BCUT2D eigenvalue weighted by Gasteiger charge is -2.13. The van der Waals surface area contributed by atoms with Gasteiger partial charge in [-0.3, -0.25) is 10.1 Å². The van der Waals surface area contributed by atoms with Crippen LogP contribution in [0.4, 0.5) is 11.4 Å². The van der Waals surface area contributed by atoms with Crippen molar-refractivity contribution >= 4 is 17.3 Å². The molecule has 0 radical (unpaired) electrons. The monoisotopic (exact) mass is 238 g/mol. The van der Waals surface area contributed by atoms with Crippen molar-refractivity contribution in [1.82, 2.24) is 0 Å². The number of nitrogens with zero attached hydrogens (tertiary/aromatic N) is 1. The zero-order valence-electron chi connectivity index (χ0n) is 9.64.